The van der Waals surface area contributed by atoms with E-state index in [1.165, 1.54) is 6.33 Å². The Labute approximate surface area is 107 Å². The number of nitrogens with two attached hydrogens (primary N) is 1. The Morgan fingerprint density at radius 3 is 3.19 bits per heavy atom. The van der Waals surface area contributed by atoms with E-state index < -0.39 is 0 Å². The van der Waals surface area contributed by atoms with Gasteiger partial charge in [0.2, 0.25) is 5.88 Å². The average molecular weight is 335 g/mol. The molecule has 0 bridgehead atoms. The molecule has 1 fully saturated rings. The highest BCUT2D eigenvalue weighted by molar-refractivity contribution is 14.1. The van der Waals surface area contributed by atoms with Gasteiger partial charge in [-0.3, -0.25) is 4.79 Å². The van der Waals surface area contributed by atoms with Crippen molar-refractivity contribution in [2.45, 2.75) is 25.4 Å². The monoisotopic (exact) mass is 335 g/mol. The SMILES string of the molecule is NCC1CCCC1Oc1nc[nH]c(=O)c1I. The molecule has 88 valence electrons. The van der Waals surface area contributed by atoms with Gasteiger partial charge in [0.05, 0.1) is 6.33 Å². The maximum absolute atomic E-state index is 11.4. The lowest BCUT2D eigenvalue weighted by Crippen LogP contribution is -2.29. The minimum absolute atomic E-state index is 0.104. The number of halogens is 1. The van der Waals surface area contributed by atoms with Crippen LogP contribution >= 0.6 is 22.6 Å². The van der Waals surface area contributed by atoms with Crippen LogP contribution in [0.1, 0.15) is 19.3 Å². The van der Waals surface area contributed by atoms with Crippen LogP contribution in [0.5, 0.6) is 5.88 Å². The predicted molar refractivity (Wildman–Crippen MR) is 68.4 cm³/mol. The summed E-state index contributed by atoms with van der Waals surface area (Å²) in [4.78, 5) is 17.9. The van der Waals surface area contributed by atoms with Crippen LogP contribution in [0.3, 0.4) is 0 Å². The summed E-state index contributed by atoms with van der Waals surface area (Å²) in [5, 5.41) is 0. The summed E-state index contributed by atoms with van der Waals surface area (Å²) in [6.45, 7) is 0.629. The summed E-state index contributed by atoms with van der Waals surface area (Å²) in [5.74, 6) is 0.812. The van der Waals surface area contributed by atoms with Gasteiger partial charge in [-0.2, -0.15) is 0 Å². The molecule has 1 aromatic rings. The van der Waals surface area contributed by atoms with Gasteiger partial charge in [-0.1, -0.05) is 0 Å². The summed E-state index contributed by atoms with van der Waals surface area (Å²) in [5.41, 5.74) is 5.52. The van der Waals surface area contributed by atoms with Crippen molar-refractivity contribution < 1.29 is 4.74 Å². The molecule has 0 amide bonds. The molecule has 0 spiro atoms. The molecule has 1 aliphatic rings. The molecule has 2 atom stereocenters. The Balaban J connectivity index is 2.14. The summed E-state index contributed by atoms with van der Waals surface area (Å²) < 4.78 is 6.27. The lowest BCUT2D eigenvalue weighted by molar-refractivity contribution is 0.153. The number of rotatable bonds is 3. The molecule has 1 aromatic heterocycles. The van der Waals surface area contributed by atoms with E-state index in [0.29, 0.717) is 21.9 Å². The fourth-order valence-corrected chi connectivity index (χ4v) is 2.44. The van der Waals surface area contributed by atoms with Gasteiger partial charge in [-0.05, 0) is 48.4 Å². The first-order valence-electron chi connectivity index (χ1n) is 5.32. The molecule has 0 radical (unpaired) electrons. The fourth-order valence-electron chi connectivity index (χ4n) is 2.02. The van der Waals surface area contributed by atoms with Gasteiger partial charge in [0.15, 0.2) is 0 Å². The van der Waals surface area contributed by atoms with Crippen molar-refractivity contribution in [2.75, 3.05) is 6.54 Å². The normalized spacial score (nSPS) is 24.6. The third kappa shape index (κ3) is 2.37. The molecule has 5 nitrogen and oxygen atoms in total. The topological polar surface area (TPSA) is 81.0 Å². The number of aromatic amines is 1. The van der Waals surface area contributed by atoms with Crippen LogP contribution in [0.15, 0.2) is 11.1 Å². The summed E-state index contributed by atoms with van der Waals surface area (Å²) in [6.07, 6.45) is 4.69. The number of nitrogens with zero attached hydrogens (tertiary/aromatic N) is 1. The van der Waals surface area contributed by atoms with Gasteiger partial charge in [-0.15, -0.1) is 0 Å². The predicted octanol–water partition coefficient (Wildman–Crippen LogP) is 0.881. The standard InChI is InChI=1S/C10H14IN3O2/c11-8-9(15)13-5-14-10(8)16-7-3-1-2-6(7)4-12/h5-7H,1-4,12H2,(H,13,14,15). The Kier molecular flexibility index (Phi) is 3.80. The minimum Gasteiger partial charge on any atom is -0.473 e. The third-order valence-electron chi connectivity index (χ3n) is 2.92. The Hall–Kier alpha value is -0.630. The van der Waals surface area contributed by atoms with Gasteiger partial charge in [-0.25, -0.2) is 4.98 Å². The van der Waals surface area contributed by atoms with E-state index >= 15 is 0 Å². The largest absolute Gasteiger partial charge is 0.473 e. The van der Waals surface area contributed by atoms with Crippen LogP contribution in [-0.4, -0.2) is 22.6 Å². The van der Waals surface area contributed by atoms with Crippen molar-refractivity contribution in [3.05, 3.63) is 20.3 Å². The van der Waals surface area contributed by atoms with Crippen LogP contribution in [0.2, 0.25) is 0 Å². The molecule has 2 unspecified atom stereocenters. The molecule has 1 saturated carbocycles. The molecule has 0 aromatic carbocycles. The van der Waals surface area contributed by atoms with Gasteiger partial charge >= 0.3 is 0 Å². The molecular weight excluding hydrogens is 321 g/mol. The number of H-pyrrole nitrogens is 1. The summed E-state index contributed by atoms with van der Waals surface area (Å²) >= 11 is 1.95. The van der Waals surface area contributed by atoms with Gasteiger partial charge < -0.3 is 15.5 Å². The van der Waals surface area contributed by atoms with E-state index in [0.717, 1.165) is 19.3 Å². The van der Waals surface area contributed by atoms with Crippen molar-refractivity contribution in [2.24, 2.45) is 11.7 Å². The second-order valence-corrected chi connectivity index (χ2v) is 5.01. The quantitative estimate of drug-likeness (QED) is 0.804. The average Bonchev–Trinajstić information content (AvgIpc) is 2.72. The molecule has 0 aliphatic heterocycles. The van der Waals surface area contributed by atoms with Crippen molar-refractivity contribution >= 4 is 22.6 Å². The fraction of sp³-hybridized carbons (Fsp3) is 0.600. The first-order chi connectivity index (χ1) is 7.72. The zero-order valence-corrected chi connectivity index (χ0v) is 10.9. The van der Waals surface area contributed by atoms with Crippen LogP contribution in [0.25, 0.3) is 0 Å². The second kappa shape index (κ2) is 5.13. The van der Waals surface area contributed by atoms with Crippen LogP contribution in [-0.2, 0) is 0 Å². The molecule has 2 rings (SSSR count). The molecular formula is C10H14IN3O2. The maximum atomic E-state index is 11.4. The Morgan fingerprint density at radius 2 is 2.44 bits per heavy atom. The highest BCUT2D eigenvalue weighted by Crippen LogP contribution is 2.29. The summed E-state index contributed by atoms with van der Waals surface area (Å²) in [6, 6.07) is 0. The lowest BCUT2D eigenvalue weighted by atomic mass is 10.1. The van der Waals surface area contributed by atoms with Crippen LogP contribution < -0.4 is 16.0 Å². The Morgan fingerprint density at radius 1 is 1.62 bits per heavy atom. The zero-order valence-electron chi connectivity index (χ0n) is 8.78. The van der Waals surface area contributed by atoms with Crippen LogP contribution in [0, 0.1) is 9.49 Å². The van der Waals surface area contributed by atoms with Crippen molar-refractivity contribution in [3.63, 3.8) is 0 Å². The van der Waals surface area contributed by atoms with Gasteiger partial charge in [0.25, 0.3) is 5.56 Å². The number of hydrogen-bond donors (Lipinski definition) is 2. The molecule has 16 heavy (non-hydrogen) atoms. The van der Waals surface area contributed by atoms with Crippen molar-refractivity contribution in [1.29, 1.82) is 0 Å². The second-order valence-electron chi connectivity index (χ2n) is 3.93. The smallest absolute Gasteiger partial charge is 0.268 e. The van der Waals surface area contributed by atoms with E-state index in [-0.39, 0.29) is 11.7 Å². The highest BCUT2D eigenvalue weighted by Gasteiger charge is 2.28. The van der Waals surface area contributed by atoms with Crippen molar-refractivity contribution in [1.82, 2.24) is 9.97 Å². The first kappa shape index (κ1) is 11.8. The van der Waals surface area contributed by atoms with E-state index in [1.54, 1.807) is 0 Å². The minimum atomic E-state index is -0.159. The molecule has 1 heterocycles. The summed E-state index contributed by atoms with van der Waals surface area (Å²) in [7, 11) is 0. The Bertz CT molecular complexity index is 421. The number of aromatic nitrogens is 2. The lowest BCUT2D eigenvalue weighted by Gasteiger charge is -2.19. The molecule has 3 N–H and O–H groups in total. The maximum Gasteiger partial charge on any atom is 0.268 e. The number of hydrogen-bond acceptors (Lipinski definition) is 4. The molecule has 1 aliphatic carbocycles. The zero-order chi connectivity index (χ0) is 11.5. The van der Waals surface area contributed by atoms with E-state index in [2.05, 4.69) is 9.97 Å². The third-order valence-corrected chi connectivity index (χ3v) is 3.87. The molecule has 6 heteroatoms. The van der Waals surface area contributed by atoms with E-state index in [4.69, 9.17) is 10.5 Å². The first-order valence-corrected chi connectivity index (χ1v) is 6.40. The van der Waals surface area contributed by atoms with E-state index in [9.17, 15) is 4.79 Å². The van der Waals surface area contributed by atoms with Gasteiger partial charge in [0.1, 0.15) is 9.67 Å². The van der Waals surface area contributed by atoms with E-state index in [1.807, 2.05) is 22.6 Å². The van der Waals surface area contributed by atoms with Crippen molar-refractivity contribution in [3.8, 4) is 5.88 Å². The number of nitrogens with one attached hydrogen (secondary N) is 1. The number of ether oxygens (including phenoxy) is 1. The molecule has 0 saturated heterocycles. The van der Waals surface area contributed by atoms with Gasteiger partial charge in [0, 0.05) is 5.92 Å². The van der Waals surface area contributed by atoms with Crippen LogP contribution in [0.4, 0.5) is 0 Å². The highest BCUT2D eigenvalue weighted by atomic mass is 127.